The van der Waals surface area contributed by atoms with E-state index in [2.05, 4.69) is 30.4 Å². The summed E-state index contributed by atoms with van der Waals surface area (Å²) in [7, 11) is 2.06. The van der Waals surface area contributed by atoms with Gasteiger partial charge in [-0.05, 0) is 37.5 Å². The Morgan fingerprint density at radius 1 is 1.42 bits per heavy atom. The molecule has 0 amide bonds. The standard InChI is InChI=1S/C16H29N3/c1-13(2)14-5-4-8-16(17,9-6-14)10-7-15-18-11-12-19(15)3/h11-14H,4-10,17H2,1-3H3. The van der Waals surface area contributed by atoms with Crippen molar-refractivity contribution in [3.8, 4) is 0 Å². The van der Waals surface area contributed by atoms with Crippen molar-refractivity contribution in [2.75, 3.05) is 0 Å². The van der Waals surface area contributed by atoms with Gasteiger partial charge < -0.3 is 10.3 Å². The number of hydrogen-bond donors (Lipinski definition) is 1. The van der Waals surface area contributed by atoms with Gasteiger partial charge in [-0.25, -0.2) is 4.98 Å². The first-order chi connectivity index (χ1) is 9.00. The van der Waals surface area contributed by atoms with E-state index in [4.69, 9.17) is 5.73 Å². The van der Waals surface area contributed by atoms with Crippen LogP contribution in [0.25, 0.3) is 0 Å². The van der Waals surface area contributed by atoms with Gasteiger partial charge in [0.2, 0.25) is 0 Å². The van der Waals surface area contributed by atoms with Crippen molar-refractivity contribution in [1.82, 2.24) is 9.55 Å². The van der Waals surface area contributed by atoms with E-state index < -0.39 is 0 Å². The third-order valence-electron chi connectivity index (χ3n) is 4.97. The first kappa shape index (κ1) is 14.6. The van der Waals surface area contributed by atoms with Gasteiger partial charge in [0.15, 0.2) is 0 Å². The number of imidazole rings is 1. The zero-order valence-electron chi connectivity index (χ0n) is 12.7. The second-order valence-corrected chi connectivity index (χ2v) is 6.75. The Hall–Kier alpha value is -0.830. The van der Waals surface area contributed by atoms with Crippen LogP contribution in [-0.4, -0.2) is 15.1 Å². The summed E-state index contributed by atoms with van der Waals surface area (Å²) in [5.41, 5.74) is 6.69. The van der Waals surface area contributed by atoms with E-state index in [0.29, 0.717) is 0 Å². The summed E-state index contributed by atoms with van der Waals surface area (Å²) in [6, 6.07) is 0. The summed E-state index contributed by atoms with van der Waals surface area (Å²) in [6.07, 6.45) is 12.3. The Kier molecular flexibility index (Phi) is 4.67. The molecule has 0 aromatic carbocycles. The second-order valence-electron chi connectivity index (χ2n) is 6.75. The van der Waals surface area contributed by atoms with Crippen molar-refractivity contribution in [2.24, 2.45) is 24.6 Å². The van der Waals surface area contributed by atoms with Crippen LogP contribution in [0.1, 0.15) is 58.2 Å². The zero-order chi connectivity index (χ0) is 13.9. The molecule has 0 aliphatic heterocycles. The smallest absolute Gasteiger partial charge is 0.108 e. The fourth-order valence-corrected chi connectivity index (χ4v) is 3.37. The van der Waals surface area contributed by atoms with Crippen molar-refractivity contribution < 1.29 is 0 Å². The van der Waals surface area contributed by atoms with Gasteiger partial charge in [0.1, 0.15) is 5.82 Å². The van der Waals surface area contributed by atoms with E-state index >= 15 is 0 Å². The van der Waals surface area contributed by atoms with Gasteiger partial charge in [0.25, 0.3) is 0 Å². The van der Waals surface area contributed by atoms with Crippen LogP contribution >= 0.6 is 0 Å². The lowest BCUT2D eigenvalue weighted by Gasteiger charge is -2.28. The molecule has 2 N–H and O–H groups in total. The molecule has 2 rings (SSSR count). The minimum absolute atomic E-state index is 0.0373. The summed E-state index contributed by atoms with van der Waals surface area (Å²) in [4.78, 5) is 4.41. The molecule has 0 bridgehead atoms. The average Bonchev–Trinajstić information content (AvgIpc) is 2.65. The van der Waals surface area contributed by atoms with E-state index in [1.54, 1.807) is 0 Å². The molecule has 3 nitrogen and oxygen atoms in total. The highest BCUT2D eigenvalue weighted by Crippen LogP contribution is 2.34. The molecule has 0 spiro atoms. The second kappa shape index (κ2) is 6.08. The molecule has 3 heteroatoms. The van der Waals surface area contributed by atoms with Crippen LogP contribution in [0.2, 0.25) is 0 Å². The summed E-state index contributed by atoms with van der Waals surface area (Å²) in [6.45, 7) is 4.70. The van der Waals surface area contributed by atoms with E-state index in [0.717, 1.165) is 30.5 Å². The highest BCUT2D eigenvalue weighted by atomic mass is 15.0. The number of aryl methyl sites for hydroxylation is 2. The molecule has 19 heavy (non-hydrogen) atoms. The molecular weight excluding hydrogens is 234 g/mol. The van der Waals surface area contributed by atoms with Gasteiger partial charge in [-0.15, -0.1) is 0 Å². The SMILES string of the molecule is CC(C)C1CCCC(N)(CCc2nccn2C)CC1. The molecule has 1 heterocycles. The van der Waals surface area contributed by atoms with Crippen molar-refractivity contribution in [3.05, 3.63) is 18.2 Å². The number of hydrogen-bond acceptors (Lipinski definition) is 2. The Labute approximate surface area is 117 Å². The van der Waals surface area contributed by atoms with Crippen LogP contribution < -0.4 is 5.73 Å². The van der Waals surface area contributed by atoms with Crippen LogP contribution in [0.4, 0.5) is 0 Å². The lowest BCUT2D eigenvalue weighted by Crippen LogP contribution is -2.40. The fourth-order valence-electron chi connectivity index (χ4n) is 3.37. The van der Waals surface area contributed by atoms with Gasteiger partial charge in [0.05, 0.1) is 0 Å². The molecule has 1 fully saturated rings. The van der Waals surface area contributed by atoms with Gasteiger partial charge in [-0.3, -0.25) is 0 Å². The Bertz CT molecular complexity index is 396. The number of aromatic nitrogens is 2. The first-order valence-corrected chi connectivity index (χ1v) is 7.75. The van der Waals surface area contributed by atoms with E-state index in [1.165, 1.54) is 32.1 Å². The van der Waals surface area contributed by atoms with Crippen molar-refractivity contribution >= 4 is 0 Å². The molecular formula is C16H29N3. The first-order valence-electron chi connectivity index (χ1n) is 7.75. The van der Waals surface area contributed by atoms with Gasteiger partial charge >= 0.3 is 0 Å². The van der Waals surface area contributed by atoms with Crippen LogP contribution in [0.3, 0.4) is 0 Å². The van der Waals surface area contributed by atoms with Crippen molar-refractivity contribution in [3.63, 3.8) is 0 Å². The van der Waals surface area contributed by atoms with Crippen LogP contribution in [-0.2, 0) is 13.5 Å². The Morgan fingerprint density at radius 2 is 2.21 bits per heavy atom. The number of rotatable bonds is 4. The number of nitrogens with zero attached hydrogens (tertiary/aromatic N) is 2. The minimum Gasteiger partial charge on any atom is -0.338 e. The van der Waals surface area contributed by atoms with Crippen LogP contribution in [0.5, 0.6) is 0 Å². The largest absolute Gasteiger partial charge is 0.338 e. The highest BCUT2D eigenvalue weighted by molar-refractivity contribution is 4.96. The maximum absolute atomic E-state index is 6.65. The summed E-state index contributed by atoms with van der Waals surface area (Å²) < 4.78 is 2.11. The van der Waals surface area contributed by atoms with Gasteiger partial charge in [-0.1, -0.05) is 26.7 Å². The molecule has 1 aromatic rings. The van der Waals surface area contributed by atoms with E-state index in [1.807, 2.05) is 12.4 Å². The predicted octanol–water partition coefficient (Wildman–Crippen LogP) is 3.29. The molecule has 1 saturated carbocycles. The molecule has 2 unspecified atom stereocenters. The third kappa shape index (κ3) is 3.82. The topological polar surface area (TPSA) is 43.8 Å². The zero-order valence-corrected chi connectivity index (χ0v) is 12.7. The minimum atomic E-state index is 0.0373. The van der Waals surface area contributed by atoms with E-state index in [9.17, 15) is 0 Å². The molecule has 1 aliphatic carbocycles. The molecule has 1 aliphatic rings. The summed E-state index contributed by atoms with van der Waals surface area (Å²) in [5.74, 6) is 2.84. The fraction of sp³-hybridized carbons (Fsp3) is 0.812. The highest BCUT2D eigenvalue weighted by Gasteiger charge is 2.30. The lowest BCUT2D eigenvalue weighted by atomic mass is 9.84. The quantitative estimate of drug-likeness (QED) is 0.847. The monoisotopic (exact) mass is 263 g/mol. The summed E-state index contributed by atoms with van der Waals surface area (Å²) >= 11 is 0. The average molecular weight is 263 g/mol. The Morgan fingerprint density at radius 3 is 2.84 bits per heavy atom. The predicted molar refractivity (Wildman–Crippen MR) is 79.9 cm³/mol. The third-order valence-corrected chi connectivity index (χ3v) is 4.97. The number of nitrogens with two attached hydrogens (primary N) is 1. The maximum Gasteiger partial charge on any atom is 0.108 e. The van der Waals surface area contributed by atoms with E-state index in [-0.39, 0.29) is 5.54 Å². The summed E-state index contributed by atoms with van der Waals surface area (Å²) in [5, 5.41) is 0. The van der Waals surface area contributed by atoms with Crippen molar-refractivity contribution in [1.29, 1.82) is 0 Å². The van der Waals surface area contributed by atoms with Crippen molar-refractivity contribution in [2.45, 2.75) is 64.3 Å². The maximum atomic E-state index is 6.65. The van der Waals surface area contributed by atoms with Crippen LogP contribution in [0.15, 0.2) is 12.4 Å². The molecule has 2 atom stereocenters. The normalized spacial score (nSPS) is 28.6. The van der Waals surface area contributed by atoms with Gasteiger partial charge in [0, 0.05) is 31.4 Å². The lowest BCUT2D eigenvalue weighted by molar-refractivity contribution is 0.311. The molecule has 0 radical (unpaired) electrons. The van der Waals surface area contributed by atoms with Crippen LogP contribution in [0, 0.1) is 11.8 Å². The van der Waals surface area contributed by atoms with Gasteiger partial charge in [-0.2, -0.15) is 0 Å². The molecule has 0 saturated heterocycles. The molecule has 1 aromatic heterocycles. The Balaban J connectivity index is 1.90. The molecule has 108 valence electrons.